The van der Waals surface area contributed by atoms with E-state index in [1.165, 1.54) is 12.1 Å². The zero-order chi connectivity index (χ0) is 22.0. The van der Waals surface area contributed by atoms with Crippen molar-refractivity contribution in [3.8, 4) is 0 Å². The van der Waals surface area contributed by atoms with E-state index in [1.807, 2.05) is 42.2 Å². The van der Waals surface area contributed by atoms with Gasteiger partial charge in [-0.15, -0.1) is 0 Å². The third-order valence-corrected chi connectivity index (χ3v) is 5.76. The summed E-state index contributed by atoms with van der Waals surface area (Å²) in [4.78, 5) is 22.7. The van der Waals surface area contributed by atoms with Gasteiger partial charge >= 0.3 is 0 Å². The minimum absolute atomic E-state index is 0.00675. The fourth-order valence-electron chi connectivity index (χ4n) is 3.93. The van der Waals surface area contributed by atoms with Crippen molar-refractivity contribution in [2.45, 2.75) is 40.3 Å². The van der Waals surface area contributed by atoms with E-state index in [-0.39, 0.29) is 11.4 Å². The maximum atomic E-state index is 13.6. The summed E-state index contributed by atoms with van der Waals surface area (Å²) < 4.78 is 15.3. The number of hydrogen-bond donors (Lipinski definition) is 0. The van der Waals surface area contributed by atoms with E-state index < -0.39 is 0 Å². The SMILES string of the molecule is Cc1nc2n(c(=O)c1Cc1ccccc1)CN(CCC(C)C)CN2c1ccc(F)cc1. The highest BCUT2D eigenvalue weighted by atomic mass is 19.1. The van der Waals surface area contributed by atoms with Crippen molar-refractivity contribution in [2.24, 2.45) is 5.92 Å². The van der Waals surface area contributed by atoms with E-state index in [0.29, 0.717) is 31.6 Å². The first kappa shape index (κ1) is 21.2. The Bertz CT molecular complexity index is 1090. The zero-order valence-corrected chi connectivity index (χ0v) is 18.4. The van der Waals surface area contributed by atoms with Gasteiger partial charge in [-0.3, -0.25) is 19.2 Å². The number of benzene rings is 2. The molecule has 2 heterocycles. The lowest BCUT2D eigenvalue weighted by Gasteiger charge is -2.38. The number of aromatic nitrogens is 2. The average molecular weight is 421 g/mol. The predicted molar refractivity (Wildman–Crippen MR) is 122 cm³/mol. The Hall–Kier alpha value is -2.99. The van der Waals surface area contributed by atoms with Crippen LogP contribution in [-0.4, -0.2) is 27.7 Å². The van der Waals surface area contributed by atoms with Crippen LogP contribution in [0.2, 0.25) is 0 Å². The van der Waals surface area contributed by atoms with Gasteiger partial charge in [-0.25, -0.2) is 9.37 Å². The Morgan fingerprint density at radius 2 is 1.74 bits per heavy atom. The van der Waals surface area contributed by atoms with Crippen LogP contribution in [0.4, 0.5) is 16.0 Å². The summed E-state index contributed by atoms with van der Waals surface area (Å²) in [6, 6.07) is 16.4. The van der Waals surface area contributed by atoms with E-state index in [0.717, 1.165) is 35.5 Å². The van der Waals surface area contributed by atoms with Crippen LogP contribution < -0.4 is 10.5 Å². The fraction of sp³-hybridized carbons (Fsp3) is 0.360. The van der Waals surface area contributed by atoms with Gasteiger partial charge < -0.3 is 0 Å². The number of fused-ring (bicyclic) bond motifs is 1. The van der Waals surface area contributed by atoms with Crippen molar-refractivity contribution in [1.82, 2.24) is 14.5 Å². The molecule has 2 aromatic carbocycles. The van der Waals surface area contributed by atoms with E-state index in [9.17, 15) is 9.18 Å². The minimum atomic E-state index is -0.280. The van der Waals surface area contributed by atoms with Crippen LogP contribution in [0.3, 0.4) is 0 Å². The van der Waals surface area contributed by atoms with Crippen LogP contribution in [0.15, 0.2) is 59.4 Å². The molecule has 6 heteroatoms. The fourth-order valence-corrected chi connectivity index (χ4v) is 3.93. The molecule has 0 unspecified atom stereocenters. The molecule has 31 heavy (non-hydrogen) atoms. The molecule has 5 nitrogen and oxygen atoms in total. The van der Waals surface area contributed by atoms with E-state index in [4.69, 9.17) is 4.98 Å². The molecule has 0 saturated carbocycles. The molecule has 162 valence electrons. The van der Waals surface area contributed by atoms with Crippen molar-refractivity contribution in [3.63, 3.8) is 0 Å². The second kappa shape index (κ2) is 9.02. The summed E-state index contributed by atoms with van der Waals surface area (Å²) >= 11 is 0. The summed E-state index contributed by atoms with van der Waals surface area (Å²) in [7, 11) is 0. The molecular weight excluding hydrogens is 391 g/mol. The smallest absolute Gasteiger partial charge is 0.259 e. The third-order valence-electron chi connectivity index (χ3n) is 5.76. The van der Waals surface area contributed by atoms with Crippen LogP contribution in [0.5, 0.6) is 0 Å². The lowest BCUT2D eigenvalue weighted by molar-refractivity contribution is 0.188. The minimum Gasteiger partial charge on any atom is -0.298 e. The van der Waals surface area contributed by atoms with Crippen molar-refractivity contribution in [3.05, 3.63) is 87.6 Å². The maximum absolute atomic E-state index is 13.6. The third kappa shape index (κ3) is 4.69. The van der Waals surface area contributed by atoms with Gasteiger partial charge in [0.05, 0.1) is 19.0 Å². The highest BCUT2D eigenvalue weighted by Crippen LogP contribution is 2.28. The van der Waals surface area contributed by atoms with Crippen molar-refractivity contribution >= 4 is 11.6 Å². The second-order valence-corrected chi connectivity index (χ2v) is 8.64. The topological polar surface area (TPSA) is 41.4 Å². The van der Waals surface area contributed by atoms with Crippen LogP contribution >= 0.6 is 0 Å². The molecule has 0 bridgehead atoms. The number of halogens is 1. The van der Waals surface area contributed by atoms with Crippen LogP contribution in [0.1, 0.15) is 37.1 Å². The first-order valence-corrected chi connectivity index (χ1v) is 10.8. The molecule has 1 aliphatic rings. The average Bonchev–Trinajstić information content (AvgIpc) is 2.76. The van der Waals surface area contributed by atoms with Gasteiger partial charge in [0.15, 0.2) is 0 Å². The molecule has 0 spiro atoms. The molecule has 0 N–H and O–H groups in total. The van der Waals surface area contributed by atoms with Crippen LogP contribution in [0, 0.1) is 18.7 Å². The summed E-state index contributed by atoms with van der Waals surface area (Å²) in [5.41, 5.74) is 3.37. The Balaban J connectivity index is 1.76. The van der Waals surface area contributed by atoms with Crippen molar-refractivity contribution in [1.29, 1.82) is 0 Å². The van der Waals surface area contributed by atoms with Gasteiger partial charge in [0.25, 0.3) is 5.56 Å². The monoisotopic (exact) mass is 420 g/mol. The quantitative estimate of drug-likeness (QED) is 0.580. The molecule has 0 atom stereocenters. The number of aryl methyl sites for hydroxylation is 1. The lowest BCUT2D eigenvalue weighted by Crippen LogP contribution is -2.48. The van der Waals surface area contributed by atoms with Crippen molar-refractivity contribution < 1.29 is 4.39 Å². The Kier molecular flexibility index (Phi) is 6.18. The molecule has 3 aromatic rings. The molecule has 0 amide bonds. The largest absolute Gasteiger partial charge is 0.298 e. The number of nitrogens with zero attached hydrogens (tertiary/aromatic N) is 4. The van der Waals surface area contributed by atoms with Crippen LogP contribution in [0.25, 0.3) is 0 Å². The molecule has 0 saturated heterocycles. The highest BCUT2D eigenvalue weighted by Gasteiger charge is 2.28. The molecule has 4 rings (SSSR count). The molecule has 1 aliphatic heterocycles. The van der Waals surface area contributed by atoms with E-state index >= 15 is 0 Å². The normalized spacial score (nSPS) is 14.2. The summed E-state index contributed by atoms with van der Waals surface area (Å²) in [5.74, 6) is 0.908. The first-order chi connectivity index (χ1) is 14.9. The summed E-state index contributed by atoms with van der Waals surface area (Å²) in [6.45, 7) is 8.29. The number of anilines is 2. The Morgan fingerprint density at radius 3 is 2.42 bits per heavy atom. The maximum Gasteiger partial charge on any atom is 0.259 e. The van der Waals surface area contributed by atoms with Gasteiger partial charge in [-0.05, 0) is 49.1 Å². The predicted octanol–water partition coefficient (Wildman–Crippen LogP) is 4.70. The van der Waals surface area contributed by atoms with Crippen LogP contribution in [-0.2, 0) is 13.1 Å². The molecule has 0 fully saturated rings. The van der Waals surface area contributed by atoms with Gasteiger partial charge in [0, 0.05) is 24.2 Å². The Morgan fingerprint density at radius 1 is 1.03 bits per heavy atom. The summed E-state index contributed by atoms with van der Waals surface area (Å²) in [5, 5.41) is 0. The van der Waals surface area contributed by atoms with Crippen molar-refractivity contribution in [2.75, 3.05) is 18.1 Å². The van der Waals surface area contributed by atoms with E-state index in [2.05, 4.69) is 18.7 Å². The number of rotatable bonds is 6. The standard InChI is InChI=1S/C25H29FN4O/c1-18(2)13-14-28-16-29(22-11-9-21(26)10-12-22)25-27-19(3)23(24(31)30(25)17-28)15-20-7-5-4-6-8-20/h4-12,18H,13-17H2,1-3H3. The lowest BCUT2D eigenvalue weighted by atomic mass is 10.1. The van der Waals surface area contributed by atoms with Gasteiger partial charge in [0.2, 0.25) is 5.95 Å². The zero-order valence-electron chi connectivity index (χ0n) is 18.4. The number of hydrogen-bond acceptors (Lipinski definition) is 4. The molecule has 0 radical (unpaired) electrons. The van der Waals surface area contributed by atoms with Gasteiger partial charge in [0.1, 0.15) is 5.82 Å². The highest BCUT2D eigenvalue weighted by molar-refractivity contribution is 5.58. The second-order valence-electron chi connectivity index (χ2n) is 8.64. The Labute approximate surface area is 182 Å². The molecule has 0 aliphatic carbocycles. The summed E-state index contributed by atoms with van der Waals surface area (Å²) in [6.07, 6.45) is 1.60. The van der Waals surface area contributed by atoms with Gasteiger partial charge in [-0.1, -0.05) is 44.2 Å². The molecule has 1 aromatic heterocycles. The van der Waals surface area contributed by atoms with Gasteiger partial charge in [-0.2, -0.15) is 0 Å². The molecular formula is C25H29FN4O. The first-order valence-electron chi connectivity index (χ1n) is 10.8. The van der Waals surface area contributed by atoms with E-state index in [1.54, 1.807) is 16.7 Å².